The summed E-state index contributed by atoms with van der Waals surface area (Å²) in [5.41, 5.74) is 2.04. The summed E-state index contributed by atoms with van der Waals surface area (Å²) < 4.78 is 0. The van der Waals surface area contributed by atoms with E-state index in [0.29, 0.717) is 21.5 Å². The summed E-state index contributed by atoms with van der Waals surface area (Å²) in [4.78, 5) is 7.99. The van der Waals surface area contributed by atoms with E-state index in [1.54, 1.807) is 12.3 Å². The maximum atomic E-state index is 10.3. The van der Waals surface area contributed by atoms with Crippen molar-refractivity contribution in [1.29, 1.82) is 0 Å². The fraction of sp³-hybridized carbons (Fsp3) is 0. The Balaban J connectivity index is 2.35. The number of phenolic OH excluding ortho intramolecular Hbond substituents is 1. The van der Waals surface area contributed by atoms with Crippen LogP contribution in [0.3, 0.4) is 0 Å². The number of aromatic nitrogens is 2. The highest BCUT2D eigenvalue weighted by atomic mass is 35.5. The number of rotatable bonds is 1. The number of hydrogen-bond donors (Lipinski definition) is 1. The van der Waals surface area contributed by atoms with Gasteiger partial charge in [0, 0.05) is 17.1 Å². The molecule has 0 atom stereocenters. The second kappa shape index (κ2) is 4.27. The van der Waals surface area contributed by atoms with Crippen LogP contribution in [0.15, 0.2) is 48.9 Å². The van der Waals surface area contributed by atoms with Crippen molar-refractivity contribution in [2.24, 2.45) is 0 Å². The molecule has 0 unspecified atom stereocenters. The summed E-state index contributed by atoms with van der Waals surface area (Å²) in [7, 11) is 0. The van der Waals surface area contributed by atoms with Gasteiger partial charge in [0.25, 0.3) is 0 Å². The van der Waals surface area contributed by atoms with E-state index in [4.69, 9.17) is 11.6 Å². The van der Waals surface area contributed by atoms with Crippen molar-refractivity contribution >= 4 is 22.5 Å². The van der Waals surface area contributed by atoms with Gasteiger partial charge in [-0.2, -0.15) is 0 Å². The van der Waals surface area contributed by atoms with Crippen LogP contribution in [-0.2, 0) is 0 Å². The highest BCUT2D eigenvalue weighted by Gasteiger charge is 2.12. The zero-order valence-electron chi connectivity index (χ0n) is 9.34. The van der Waals surface area contributed by atoms with Gasteiger partial charge < -0.3 is 5.11 Å². The average molecular weight is 257 g/mol. The molecular formula is C14H9ClN2O. The minimum atomic E-state index is 0.128. The van der Waals surface area contributed by atoms with Gasteiger partial charge in [-0.3, -0.25) is 0 Å². The van der Waals surface area contributed by atoms with Crippen LogP contribution >= 0.6 is 11.6 Å². The zero-order chi connectivity index (χ0) is 12.5. The van der Waals surface area contributed by atoms with Gasteiger partial charge in [-0.05, 0) is 11.6 Å². The van der Waals surface area contributed by atoms with Crippen molar-refractivity contribution in [3.63, 3.8) is 0 Å². The quantitative estimate of drug-likeness (QED) is 0.723. The topological polar surface area (TPSA) is 46.0 Å². The number of phenols is 1. The third-order valence-corrected chi connectivity index (χ3v) is 3.12. The third kappa shape index (κ3) is 1.69. The standard InChI is InChI=1S/C14H9ClN2O/c15-12-6-10(9-4-2-1-3-5-9)14(18)13-11(12)7-16-8-17-13/h1-8,18H. The highest BCUT2D eigenvalue weighted by Crippen LogP contribution is 2.38. The summed E-state index contributed by atoms with van der Waals surface area (Å²) >= 11 is 6.19. The molecule has 3 aromatic rings. The highest BCUT2D eigenvalue weighted by molar-refractivity contribution is 6.36. The zero-order valence-corrected chi connectivity index (χ0v) is 10.1. The van der Waals surface area contributed by atoms with Gasteiger partial charge >= 0.3 is 0 Å². The first-order chi connectivity index (χ1) is 8.77. The second-order valence-corrected chi connectivity index (χ2v) is 4.31. The number of halogens is 1. The SMILES string of the molecule is Oc1c(-c2ccccc2)cc(Cl)c2cncnc12. The molecule has 0 radical (unpaired) electrons. The Morgan fingerprint density at radius 3 is 2.67 bits per heavy atom. The van der Waals surface area contributed by atoms with Gasteiger partial charge in [0.05, 0.1) is 5.02 Å². The smallest absolute Gasteiger partial charge is 0.149 e. The normalized spacial score (nSPS) is 10.7. The molecule has 0 aliphatic rings. The molecule has 1 N–H and O–H groups in total. The molecule has 1 aromatic heterocycles. The predicted molar refractivity (Wildman–Crippen MR) is 71.6 cm³/mol. The number of hydrogen-bond acceptors (Lipinski definition) is 3. The molecule has 18 heavy (non-hydrogen) atoms. The first-order valence-corrected chi connectivity index (χ1v) is 5.82. The predicted octanol–water partition coefficient (Wildman–Crippen LogP) is 3.66. The lowest BCUT2D eigenvalue weighted by molar-refractivity contribution is 0.482. The molecule has 1 heterocycles. The molecule has 3 nitrogen and oxygen atoms in total. The monoisotopic (exact) mass is 256 g/mol. The molecule has 0 fully saturated rings. The first-order valence-electron chi connectivity index (χ1n) is 5.44. The number of aromatic hydroxyl groups is 1. The number of benzene rings is 2. The Labute approximate surface area is 109 Å². The van der Waals surface area contributed by atoms with Crippen LogP contribution < -0.4 is 0 Å². The lowest BCUT2D eigenvalue weighted by Crippen LogP contribution is -1.87. The van der Waals surface area contributed by atoms with Crippen molar-refractivity contribution in [2.75, 3.05) is 0 Å². The molecule has 0 bridgehead atoms. The average Bonchev–Trinajstić information content (AvgIpc) is 2.44. The lowest BCUT2D eigenvalue weighted by atomic mass is 10.0. The summed E-state index contributed by atoms with van der Waals surface area (Å²) in [6, 6.07) is 11.3. The fourth-order valence-corrected chi connectivity index (χ4v) is 2.18. The van der Waals surface area contributed by atoms with Crippen LogP contribution in [0.5, 0.6) is 5.75 Å². The Bertz CT molecular complexity index is 714. The van der Waals surface area contributed by atoms with Crippen molar-refractivity contribution in [2.45, 2.75) is 0 Å². The molecule has 0 aliphatic heterocycles. The van der Waals surface area contributed by atoms with E-state index in [1.807, 2.05) is 30.3 Å². The van der Waals surface area contributed by atoms with E-state index in [-0.39, 0.29) is 5.75 Å². The number of nitrogens with zero attached hydrogens (tertiary/aromatic N) is 2. The van der Waals surface area contributed by atoms with E-state index in [1.165, 1.54) is 6.33 Å². The Kier molecular flexibility index (Phi) is 2.61. The maximum absolute atomic E-state index is 10.3. The third-order valence-electron chi connectivity index (χ3n) is 2.80. The lowest BCUT2D eigenvalue weighted by Gasteiger charge is -2.08. The Morgan fingerprint density at radius 1 is 1.11 bits per heavy atom. The van der Waals surface area contributed by atoms with E-state index in [0.717, 1.165) is 5.56 Å². The molecule has 0 amide bonds. The summed E-state index contributed by atoms with van der Waals surface area (Å²) in [6.07, 6.45) is 2.99. The molecule has 0 saturated heterocycles. The van der Waals surface area contributed by atoms with E-state index < -0.39 is 0 Å². The largest absolute Gasteiger partial charge is 0.505 e. The summed E-state index contributed by atoms with van der Waals surface area (Å²) in [6.45, 7) is 0. The van der Waals surface area contributed by atoms with Crippen LogP contribution in [-0.4, -0.2) is 15.1 Å². The van der Waals surface area contributed by atoms with Crippen LogP contribution in [0.2, 0.25) is 5.02 Å². The van der Waals surface area contributed by atoms with Gasteiger partial charge in [0.2, 0.25) is 0 Å². The summed E-state index contributed by atoms with van der Waals surface area (Å²) in [5, 5.41) is 11.5. The van der Waals surface area contributed by atoms with E-state index >= 15 is 0 Å². The van der Waals surface area contributed by atoms with Crippen molar-refractivity contribution in [3.05, 3.63) is 53.9 Å². The molecule has 3 rings (SSSR count). The molecule has 0 saturated carbocycles. The maximum Gasteiger partial charge on any atom is 0.149 e. The van der Waals surface area contributed by atoms with E-state index in [2.05, 4.69) is 9.97 Å². The van der Waals surface area contributed by atoms with Crippen LogP contribution in [0.25, 0.3) is 22.0 Å². The minimum Gasteiger partial charge on any atom is -0.505 e. The minimum absolute atomic E-state index is 0.128. The van der Waals surface area contributed by atoms with Gasteiger partial charge in [-0.15, -0.1) is 0 Å². The molecule has 4 heteroatoms. The first kappa shape index (κ1) is 11.0. The van der Waals surface area contributed by atoms with Crippen molar-refractivity contribution in [1.82, 2.24) is 9.97 Å². The molecule has 0 spiro atoms. The molecule has 0 aliphatic carbocycles. The van der Waals surface area contributed by atoms with Gasteiger partial charge in [0.1, 0.15) is 17.6 Å². The van der Waals surface area contributed by atoms with Crippen LogP contribution in [0.4, 0.5) is 0 Å². The summed E-state index contributed by atoms with van der Waals surface area (Å²) in [5.74, 6) is 0.128. The van der Waals surface area contributed by atoms with Crippen LogP contribution in [0, 0.1) is 0 Å². The number of fused-ring (bicyclic) bond motifs is 1. The Hall–Kier alpha value is -2.13. The second-order valence-electron chi connectivity index (χ2n) is 3.91. The molecule has 88 valence electrons. The Morgan fingerprint density at radius 2 is 1.89 bits per heavy atom. The van der Waals surface area contributed by atoms with Gasteiger partial charge in [-0.25, -0.2) is 9.97 Å². The van der Waals surface area contributed by atoms with E-state index in [9.17, 15) is 5.11 Å². The molecular weight excluding hydrogens is 248 g/mol. The van der Waals surface area contributed by atoms with Crippen LogP contribution in [0.1, 0.15) is 0 Å². The van der Waals surface area contributed by atoms with Crippen molar-refractivity contribution in [3.8, 4) is 16.9 Å². The van der Waals surface area contributed by atoms with Gasteiger partial charge in [0.15, 0.2) is 0 Å². The fourth-order valence-electron chi connectivity index (χ4n) is 1.93. The van der Waals surface area contributed by atoms with Gasteiger partial charge in [-0.1, -0.05) is 41.9 Å². The molecule has 2 aromatic carbocycles. The van der Waals surface area contributed by atoms with Crippen molar-refractivity contribution < 1.29 is 5.11 Å².